The van der Waals surface area contributed by atoms with Crippen molar-refractivity contribution >= 4 is 27.4 Å². The van der Waals surface area contributed by atoms with Gasteiger partial charge in [0.25, 0.3) is 0 Å². The summed E-state index contributed by atoms with van der Waals surface area (Å²) in [6.07, 6.45) is 1.52. The van der Waals surface area contributed by atoms with Crippen LogP contribution in [0.3, 0.4) is 0 Å². The molecule has 1 heterocycles. The fourth-order valence-corrected chi connectivity index (χ4v) is 2.59. The van der Waals surface area contributed by atoms with Crippen molar-refractivity contribution < 1.29 is 18.3 Å². The van der Waals surface area contributed by atoms with E-state index in [-0.39, 0.29) is 22.1 Å². The first-order chi connectivity index (χ1) is 10.4. The molecule has 0 radical (unpaired) electrons. The van der Waals surface area contributed by atoms with E-state index in [0.717, 1.165) is 0 Å². The molecule has 0 saturated heterocycles. The van der Waals surface area contributed by atoms with Gasteiger partial charge in [-0.1, -0.05) is 13.0 Å². The minimum atomic E-state index is -3.43. The minimum absolute atomic E-state index is 0.00274. The zero-order valence-corrected chi connectivity index (χ0v) is 12.6. The van der Waals surface area contributed by atoms with Gasteiger partial charge in [-0.3, -0.25) is 5.32 Å². The SMILES string of the molecule is CCS(=O)(=O)c1ccc(O)c(NC(=O)Nc2ccccn2)c1. The first kappa shape index (κ1) is 15.8. The topological polar surface area (TPSA) is 108 Å². The maximum absolute atomic E-state index is 11.8. The third-order valence-corrected chi connectivity index (χ3v) is 4.59. The predicted molar refractivity (Wildman–Crippen MR) is 82.7 cm³/mol. The molecule has 0 unspecified atom stereocenters. The lowest BCUT2D eigenvalue weighted by atomic mass is 10.3. The average Bonchev–Trinajstić information content (AvgIpc) is 2.50. The highest BCUT2D eigenvalue weighted by atomic mass is 32.2. The predicted octanol–water partition coefficient (Wildman–Crippen LogP) is 2.22. The molecule has 0 aliphatic rings. The number of hydrogen-bond acceptors (Lipinski definition) is 5. The van der Waals surface area contributed by atoms with Gasteiger partial charge in [-0.25, -0.2) is 18.2 Å². The molecule has 1 aromatic carbocycles. The Kier molecular flexibility index (Phi) is 4.62. The molecule has 0 aliphatic heterocycles. The van der Waals surface area contributed by atoms with Crippen molar-refractivity contribution in [3.8, 4) is 5.75 Å². The van der Waals surface area contributed by atoms with Crippen molar-refractivity contribution in [1.82, 2.24) is 4.98 Å². The van der Waals surface area contributed by atoms with Crippen molar-refractivity contribution in [2.24, 2.45) is 0 Å². The van der Waals surface area contributed by atoms with Crippen LogP contribution in [0.2, 0.25) is 0 Å². The average molecular weight is 321 g/mol. The van der Waals surface area contributed by atoms with Gasteiger partial charge in [0, 0.05) is 6.20 Å². The quantitative estimate of drug-likeness (QED) is 0.748. The second-order valence-corrected chi connectivity index (χ2v) is 6.65. The van der Waals surface area contributed by atoms with E-state index in [1.54, 1.807) is 18.2 Å². The van der Waals surface area contributed by atoms with Crippen molar-refractivity contribution in [2.45, 2.75) is 11.8 Å². The highest BCUT2D eigenvalue weighted by Crippen LogP contribution is 2.27. The van der Waals surface area contributed by atoms with Gasteiger partial charge in [0.2, 0.25) is 0 Å². The van der Waals surface area contributed by atoms with Gasteiger partial charge in [0.15, 0.2) is 9.84 Å². The summed E-state index contributed by atoms with van der Waals surface area (Å²) in [4.78, 5) is 15.8. The number of aromatic hydroxyl groups is 1. The number of carbonyl (C=O) groups is 1. The number of phenols is 1. The smallest absolute Gasteiger partial charge is 0.324 e. The number of carbonyl (C=O) groups excluding carboxylic acids is 1. The summed E-state index contributed by atoms with van der Waals surface area (Å²) in [6, 6.07) is 8.08. The molecule has 0 aliphatic carbocycles. The number of hydrogen-bond donors (Lipinski definition) is 3. The lowest BCUT2D eigenvalue weighted by Crippen LogP contribution is -2.20. The fourth-order valence-electron chi connectivity index (χ4n) is 1.68. The lowest BCUT2D eigenvalue weighted by Gasteiger charge is -2.10. The second kappa shape index (κ2) is 6.44. The van der Waals surface area contributed by atoms with E-state index < -0.39 is 15.9 Å². The molecular formula is C14H15N3O4S. The molecule has 0 spiro atoms. The molecule has 2 aromatic rings. The number of rotatable bonds is 4. The van der Waals surface area contributed by atoms with E-state index in [1.807, 2.05) is 0 Å². The van der Waals surface area contributed by atoms with Crippen LogP contribution in [-0.4, -0.2) is 30.3 Å². The Hall–Kier alpha value is -2.61. The molecule has 0 bridgehead atoms. The Labute approximate surface area is 127 Å². The van der Waals surface area contributed by atoms with Gasteiger partial charge < -0.3 is 10.4 Å². The maximum Gasteiger partial charge on any atom is 0.324 e. The number of anilines is 2. The molecule has 2 amide bonds. The summed E-state index contributed by atoms with van der Waals surface area (Å²) in [5.74, 6) is 0.0280. The van der Waals surface area contributed by atoms with E-state index in [4.69, 9.17) is 0 Å². The Morgan fingerprint density at radius 3 is 2.64 bits per heavy atom. The number of nitrogens with zero attached hydrogens (tertiary/aromatic N) is 1. The van der Waals surface area contributed by atoms with E-state index in [1.165, 1.54) is 31.3 Å². The largest absolute Gasteiger partial charge is 0.506 e. The summed E-state index contributed by atoms with van der Waals surface area (Å²) in [5.41, 5.74) is 0.00274. The molecule has 8 heteroatoms. The third kappa shape index (κ3) is 3.73. The van der Waals surface area contributed by atoms with Gasteiger partial charge in [-0.05, 0) is 30.3 Å². The number of aromatic nitrogens is 1. The van der Waals surface area contributed by atoms with Crippen LogP contribution < -0.4 is 10.6 Å². The van der Waals surface area contributed by atoms with Crippen LogP contribution in [0.1, 0.15) is 6.92 Å². The third-order valence-electron chi connectivity index (χ3n) is 2.86. The number of phenolic OH excluding ortho intramolecular Hbond substituents is 1. The zero-order valence-electron chi connectivity index (χ0n) is 11.8. The summed E-state index contributed by atoms with van der Waals surface area (Å²) in [6.45, 7) is 1.52. The van der Waals surface area contributed by atoms with Crippen LogP contribution in [0.25, 0.3) is 0 Å². The van der Waals surface area contributed by atoms with Crippen molar-refractivity contribution in [2.75, 3.05) is 16.4 Å². The number of amides is 2. The molecule has 3 N–H and O–H groups in total. The van der Waals surface area contributed by atoms with Crippen molar-refractivity contribution in [1.29, 1.82) is 0 Å². The Balaban J connectivity index is 2.19. The van der Waals surface area contributed by atoms with Crippen LogP contribution >= 0.6 is 0 Å². The van der Waals surface area contributed by atoms with Crippen molar-refractivity contribution in [3.63, 3.8) is 0 Å². The van der Waals surface area contributed by atoms with Gasteiger partial charge in [0.05, 0.1) is 16.3 Å². The Morgan fingerprint density at radius 1 is 1.23 bits per heavy atom. The molecule has 116 valence electrons. The maximum atomic E-state index is 11.8. The van der Waals surface area contributed by atoms with Crippen molar-refractivity contribution in [3.05, 3.63) is 42.6 Å². The van der Waals surface area contributed by atoms with Crippen LogP contribution in [0.5, 0.6) is 5.75 Å². The Morgan fingerprint density at radius 2 is 2.00 bits per heavy atom. The minimum Gasteiger partial charge on any atom is -0.506 e. The van der Waals surface area contributed by atoms with Gasteiger partial charge >= 0.3 is 6.03 Å². The monoisotopic (exact) mass is 321 g/mol. The van der Waals surface area contributed by atoms with E-state index in [0.29, 0.717) is 5.82 Å². The molecule has 22 heavy (non-hydrogen) atoms. The number of pyridine rings is 1. The summed E-state index contributed by atoms with van der Waals surface area (Å²) in [5, 5.41) is 14.6. The second-order valence-electron chi connectivity index (χ2n) is 4.38. The van der Waals surface area contributed by atoms with E-state index in [2.05, 4.69) is 15.6 Å². The summed E-state index contributed by atoms with van der Waals surface area (Å²) >= 11 is 0. The first-order valence-corrected chi connectivity index (χ1v) is 8.12. The molecule has 0 atom stereocenters. The molecule has 0 fully saturated rings. The van der Waals surface area contributed by atoms with Gasteiger partial charge in [-0.15, -0.1) is 0 Å². The highest BCUT2D eigenvalue weighted by molar-refractivity contribution is 7.91. The summed E-state index contributed by atoms with van der Waals surface area (Å²) < 4.78 is 23.6. The summed E-state index contributed by atoms with van der Waals surface area (Å²) in [7, 11) is -3.43. The molecule has 1 aromatic heterocycles. The Bertz CT molecular complexity index is 776. The van der Waals surface area contributed by atoms with Crippen LogP contribution in [0, 0.1) is 0 Å². The number of nitrogens with one attached hydrogen (secondary N) is 2. The number of sulfone groups is 1. The normalized spacial score (nSPS) is 11.0. The fraction of sp³-hybridized carbons (Fsp3) is 0.143. The molecule has 7 nitrogen and oxygen atoms in total. The first-order valence-electron chi connectivity index (χ1n) is 6.47. The molecule has 2 rings (SSSR count). The van der Waals surface area contributed by atoms with E-state index in [9.17, 15) is 18.3 Å². The lowest BCUT2D eigenvalue weighted by molar-refractivity contribution is 0.262. The zero-order chi connectivity index (χ0) is 16.2. The molecule has 0 saturated carbocycles. The van der Waals surface area contributed by atoms with Crippen LogP contribution in [0.15, 0.2) is 47.5 Å². The van der Waals surface area contributed by atoms with Gasteiger partial charge in [0.1, 0.15) is 11.6 Å². The number of benzene rings is 1. The van der Waals surface area contributed by atoms with Gasteiger partial charge in [-0.2, -0.15) is 0 Å². The van der Waals surface area contributed by atoms with Crippen LogP contribution in [-0.2, 0) is 9.84 Å². The van der Waals surface area contributed by atoms with E-state index >= 15 is 0 Å². The number of urea groups is 1. The molecular weight excluding hydrogens is 306 g/mol. The standard InChI is InChI=1S/C14H15N3O4S/c1-2-22(20,21)10-6-7-12(18)11(9-10)16-14(19)17-13-5-3-4-8-15-13/h3-9,18H,2H2,1H3,(H2,15,16,17,19). The van der Waals surface area contributed by atoms with Crippen LogP contribution in [0.4, 0.5) is 16.3 Å². The highest BCUT2D eigenvalue weighted by Gasteiger charge is 2.15.